The van der Waals surface area contributed by atoms with Crippen molar-refractivity contribution in [2.45, 2.75) is 13.0 Å². The Kier molecular flexibility index (Phi) is 4.14. The lowest BCUT2D eigenvalue weighted by Crippen LogP contribution is -2.51. The number of benzene rings is 1. The monoisotopic (exact) mass is 332 g/mol. The summed E-state index contributed by atoms with van der Waals surface area (Å²) in [6, 6.07) is 3.32. The Morgan fingerprint density at radius 3 is 3.00 bits per heavy atom. The van der Waals surface area contributed by atoms with Crippen LogP contribution in [0.5, 0.6) is 5.75 Å². The molecule has 1 saturated heterocycles. The molecule has 1 aliphatic heterocycles. The first-order chi connectivity index (χ1) is 8.49. The van der Waals surface area contributed by atoms with Crippen molar-refractivity contribution in [2.24, 2.45) is 0 Å². The van der Waals surface area contributed by atoms with E-state index in [4.69, 9.17) is 11.6 Å². The minimum Gasteiger partial charge on any atom is -0.506 e. The van der Waals surface area contributed by atoms with Gasteiger partial charge in [0.05, 0.1) is 10.0 Å². The van der Waals surface area contributed by atoms with E-state index >= 15 is 0 Å². The summed E-state index contributed by atoms with van der Waals surface area (Å²) < 4.78 is 0.432. The lowest BCUT2D eigenvalue weighted by atomic mass is 10.1. The SMILES string of the molecule is C[C@@H]1CN(C(=O)c2cc(Cl)cc(Br)c2O)CCN1. The van der Waals surface area contributed by atoms with Crippen molar-refractivity contribution < 1.29 is 9.90 Å². The number of hydrogen-bond donors (Lipinski definition) is 2. The van der Waals surface area contributed by atoms with Crippen molar-refractivity contribution >= 4 is 33.4 Å². The van der Waals surface area contributed by atoms with Gasteiger partial charge in [-0.05, 0) is 35.0 Å². The summed E-state index contributed by atoms with van der Waals surface area (Å²) in [4.78, 5) is 14.1. The van der Waals surface area contributed by atoms with Gasteiger partial charge in [0.1, 0.15) is 5.75 Å². The minimum atomic E-state index is -0.191. The molecule has 0 radical (unpaired) electrons. The van der Waals surface area contributed by atoms with E-state index in [9.17, 15) is 9.90 Å². The summed E-state index contributed by atoms with van der Waals surface area (Å²) in [5.74, 6) is -0.250. The van der Waals surface area contributed by atoms with Gasteiger partial charge in [0, 0.05) is 30.7 Å². The number of nitrogens with one attached hydrogen (secondary N) is 1. The van der Waals surface area contributed by atoms with E-state index in [-0.39, 0.29) is 23.3 Å². The number of rotatable bonds is 1. The maximum atomic E-state index is 12.3. The Labute approximate surface area is 119 Å². The number of amides is 1. The fourth-order valence-corrected chi connectivity index (χ4v) is 2.83. The first-order valence-electron chi connectivity index (χ1n) is 5.69. The van der Waals surface area contributed by atoms with Crippen LogP contribution >= 0.6 is 27.5 Å². The van der Waals surface area contributed by atoms with E-state index in [2.05, 4.69) is 21.2 Å². The zero-order chi connectivity index (χ0) is 13.3. The average molecular weight is 334 g/mol. The molecule has 2 rings (SSSR count). The predicted molar refractivity (Wildman–Crippen MR) is 74.2 cm³/mol. The van der Waals surface area contributed by atoms with Crippen molar-refractivity contribution in [2.75, 3.05) is 19.6 Å². The number of carbonyl (C=O) groups excluding carboxylic acids is 1. The van der Waals surface area contributed by atoms with E-state index in [1.165, 1.54) is 6.07 Å². The first kappa shape index (κ1) is 13.6. The lowest BCUT2D eigenvalue weighted by Gasteiger charge is -2.32. The summed E-state index contributed by atoms with van der Waals surface area (Å²) in [6.07, 6.45) is 0. The molecule has 4 nitrogen and oxygen atoms in total. The number of phenols is 1. The Balaban J connectivity index is 2.28. The molecular formula is C12H14BrClN2O2. The topological polar surface area (TPSA) is 52.6 Å². The van der Waals surface area contributed by atoms with Gasteiger partial charge in [-0.1, -0.05) is 11.6 Å². The fraction of sp³-hybridized carbons (Fsp3) is 0.417. The summed E-state index contributed by atoms with van der Waals surface area (Å²) >= 11 is 9.09. The highest BCUT2D eigenvalue weighted by molar-refractivity contribution is 9.10. The Hall–Kier alpha value is -0.780. The second kappa shape index (κ2) is 5.47. The Morgan fingerprint density at radius 1 is 1.61 bits per heavy atom. The summed E-state index contributed by atoms with van der Waals surface area (Å²) in [5.41, 5.74) is 0.239. The second-order valence-corrected chi connectivity index (χ2v) is 5.68. The van der Waals surface area contributed by atoms with E-state index in [1.54, 1.807) is 11.0 Å². The molecule has 1 heterocycles. The van der Waals surface area contributed by atoms with Crippen molar-refractivity contribution in [3.63, 3.8) is 0 Å². The molecule has 0 spiro atoms. The molecule has 2 N–H and O–H groups in total. The van der Waals surface area contributed by atoms with Gasteiger partial charge in [-0.3, -0.25) is 4.79 Å². The standard InChI is InChI=1S/C12H14BrClN2O2/c1-7-6-16(3-2-15-7)12(18)9-4-8(14)5-10(13)11(9)17/h4-5,7,15,17H,2-3,6H2,1H3/t7-/m1/s1. The molecule has 1 aromatic carbocycles. The third kappa shape index (κ3) is 2.79. The maximum absolute atomic E-state index is 12.3. The molecule has 1 aliphatic rings. The third-order valence-corrected chi connectivity index (χ3v) is 3.74. The number of nitrogens with zero attached hydrogens (tertiary/aromatic N) is 1. The van der Waals surface area contributed by atoms with Gasteiger partial charge in [-0.25, -0.2) is 0 Å². The molecule has 0 aromatic heterocycles. The van der Waals surface area contributed by atoms with Gasteiger partial charge in [0.25, 0.3) is 5.91 Å². The highest BCUT2D eigenvalue weighted by Crippen LogP contribution is 2.32. The second-order valence-electron chi connectivity index (χ2n) is 4.39. The largest absolute Gasteiger partial charge is 0.506 e. The van der Waals surface area contributed by atoms with Crippen molar-refractivity contribution in [3.05, 3.63) is 27.2 Å². The van der Waals surface area contributed by atoms with Crippen molar-refractivity contribution in [3.8, 4) is 5.75 Å². The van der Waals surface area contributed by atoms with Gasteiger partial charge in [-0.2, -0.15) is 0 Å². The smallest absolute Gasteiger partial charge is 0.257 e. The molecular weight excluding hydrogens is 320 g/mol. The minimum absolute atomic E-state index is 0.0596. The van der Waals surface area contributed by atoms with Crippen LogP contribution in [0.2, 0.25) is 5.02 Å². The summed E-state index contributed by atoms with van der Waals surface area (Å²) in [5, 5.41) is 13.6. The van der Waals surface area contributed by atoms with Crippen LogP contribution in [0, 0.1) is 0 Å². The molecule has 1 fully saturated rings. The molecule has 1 atom stereocenters. The number of aromatic hydroxyl groups is 1. The number of halogens is 2. The maximum Gasteiger partial charge on any atom is 0.257 e. The van der Waals surface area contributed by atoms with Crippen LogP contribution in [-0.4, -0.2) is 41.6 Å². The predicted octanol–water partition coefficient (Wildman–Crippen LogP) is 2.24. The molecule has 1 amide bonds. The highest BCUT2D eigenvalue weighted by atomic mass is 79.9. The zero-order valence-corrected chi connectivity index (χ0v) is 12.3. The van der Waals surface area contributed by atoms with Crippen LogP contribution in [0.15, 0.2) is 16.6 Å². The number of piperazine rings is 1. The van der Waals surface area contributed by atoms with Gasteiger partial charge in [-0.15, -0.1) is 0 Å². The summed E-state index contributed by atoms with van der Waals surface area (Å²) in [7, 11) is 0. The number of phenolic OH excluding ortho intramolecular Hbond substituents is 1. The van der Waals surface area contributed by atoms with E-state index in [1.807, 2.05) is 6.92 Å². The van der Waals surface area contributed by atoms with Gasteiger partial charge >= 0.3 is 0 Å². The Morgan fingerprint density at radius 2 is 2.33 bits per heavy atom. The molecule has 0 aliphatic carbocycles. The normalized spacial score (nSPS) is 19.9. The number of carbonyl (C=O) groups is 1. The fourth-order valence-electron chi connectivity index (χ4n) is 2.02. The summed E-state index contributed by atoms with van der Waals surface area (Å²) in [6.45, 7) is 4.04. The first-order valence-corrected chi connectivity index (χ1v) is 6.87. The zero-order valence-electron chi connectivity index (χ0n) is 9.91. The van der Waals surface area contributed by atoms with Crippen molar-refractivity contribution in [1.29, 1.82) is 0 Å². The van der Waals surface area contributed by atoms with Crippen LogP contribution in [0.3, 0.4) is 0 Å². The molecule has 0 saturated carbocycles. The molecule has 0 bridgehead atoms. The van der Waals surface area contributed by atoms with E-state index in [0.717, 1.165) is 6.54 Å². The van der Waals surface area contributed by atoms with E-state index < -0.39 is 0 Å². The highest BCUT2D eigenvalue weighted by Gasteiger charge is 2.24. The van der Waals surface area contributed by atoms with Gasteiger partial charge in [0.2, 0.25) is 0 Å². The third-order valence-electron chi connectivity index (χ3n) is 2.91. The quantitative estimate of drug-likeness (QED) is 0.829. The van der Waals surface area contributed by atoms with Gasteiger partial charge in [0.15, 0.2) is 0 Å². The van der Waals surface area contributed by atoms with Crippen LogP contribution in [0.25, 0.3) is 0 Å². The molecule has 18 heavy (non-hydrogen) atoms. The van der Waals surface area contributed by atoms with Gasteiger partial charge < -0.3 is 15.3 Å². The molecule has 6 heteroatoms. The van der Waals surface area contributed by atoms with Crippen LogP contribution in [0.4, 0.5) is 0 Å². The molecule has 0 unspecified atom stereocenters. The van der Waals surface area contributed by atoms with E-state index in [0.29, 0.717) is 22.6 Å². The molecule has 1 aromatic rings. The lowest BCUT2D eigenvalue weighted by molar-refractivity contribution is 0.0706. The van der Waals surface area contributed by atoms with Crippen LogP contribution < -0.4 is 5.32 Å². The van der Waals surface area contributed by atoms with Crippen molar-refractivity contribution in [1.82, 2.24) is 10.2 Å². The molecule has 98 valence electrons. The van der Waals surface area contributed by atoms with Crippen LogP contribution in [-0.2, 0) is 0 Å². The number of hydrogen-bond acceptors (Lipinski definition) is 3. The Bertz CT molecular complexity index is 481. The van der Waals surface area contributed by atoms with Crippen LogP contribution in [0.1, 0.15) is 17.3 Å². The average Bonchev–Trinajstić information content (AvgIpc) is 2.33.